The van der Waals surface area contributed by atoms with E-state index in [1.165, 1.54) is 6.07 Å². The maximum Gasteiger partial charge on any atom is 0.354 e. The summed E-state index contributed by atoms with van der Waals surface area (Å²) < 4.78 is 0.308. The second kappa shape index (κ2) is 3.65. The Bertz CT molecular complexity index is 372. The van der Waals surface area contributed by atoms with Crippen LogP contribution in [0.1, 0.15) is 37.0 Å². The highest BCUT2D eigenvalue weighted by Gasteiger charge is 2.19. The minimum atomic E-state index is -1.04. The molecule has 14 heavy (non-hydrogen) atoms. The lowest BCUT2D eigenvalue weighted by Crippen LogP contribution is -2.16. The smallest absolute Gasteiger partial charge is 0.354 e. The summed E-state index contributed by atoms with van der Waals surface area (Å²) in [6.45, 7) is 5.90. The number of hydrogen-bond donors (Lipinski definition) is 1. The zero-order chi connectivity index (χ0) is 10.9. The largest absolute Gasteiger partial charge is 0.477 e. The molecular weight excluding hydrogens is 248 g/mol. The van der Waals surface area contributed by atoms with E-state index in [1.54, 1.807) is 0 Å². The van der Waals surface area contributed by atoms with Crippen LogP contribution in [0.5, 0.6) is 0 Å². The standard InChI is InChI=1S/C9H11BrN2O2/c1-9(2,3)6-4-5(7(13)14)11-8(10)12-6/h4H,1-3H3,(H,13,14). The third-order valence-electron chi connectivity index (χ3n) is 1.69. The van der Waals surface area contributed by atoms with Crippen molar-refractivity contribution in [1.82, 2.24) is 9.97 Å². The molecule has 4 nitrogen and oxygen atoms in total. The number of carboxylic acid groups (broad SMARTS) is 1. The average molecular weight is 259 g/mol. The summed E-state index contributed by atoms with van der Waals surface area (Å²) in [4.78, 5) is 18.6. The molecule has 0 saturated heterocycles. The highest BCUT2D eigenvalue weighted by atomic mass is 79.9. The van der Waals surface area contributed by atoms with Crippen molar-refractivity contribution >= 4 is 21.9 Å². The van der Waals surface area contributed by atoms with E-state index in [-0.39, 0.29) is 11.1 Å². The second-order valence-corrected chi connectivity index (χ2v) is 4.67. The van der Waals surface area contributed by atoms with Crippen molar-refractivity contribution in [1.29, 1.82) is 0 Å². The summed E-state index contributed by atoms with van der Waals surface area (Å²) in [5.74, 6) is -1.04. The van der Waals surface area contributed by atoms with Gasteiger partial charge in [-0.1, -0.05) is 20.8 Å². The Morgan fingerprint density at radius 1 is 1.43 bits per heavy atom. The van der Waals surface area contributed by atoms with Gasteiger partial charge >= 0.3 is 5.97 Å². The molecule has 0 aliphatic heterocycles. The minimum Gasteiger partial charge on any atom is -0.477 e. The van der Waals surface area contributed by atoms with Crippen molar-refractivity contribution in [3.8, 4) is 0 Å². The predicted molar refractivity (Wildman–Crippen MR) is 55.4 cm³/mol. The van der Waals surface area contributed by atoms with E-state index < -0.39 is 5.97 Å². The number of nitrogens with zero attached hydrogens (tertiary/aromatic N) is 2. The van der Waals surface area contributed by atoms with Crippen LogP contribution in [-0.2, 0) is 5.41 Å². The van der Waals surface area contributed by atoms with Crippen molar-refractivity contribution < 1.29 is 9.90 Å². The lowest BCUT2D eigenvalue weighted by atomic mass is 9.91. The first-order chi connectivity index (χ1) is 6.30. The van der Waals surface area contributed by atoms with Crippen LogP contribution in [0, 0.1) is 0 Å². The maximum absolute atomic E-state index is 10.7. The minimum absolute atomic E-state index is 0.0109. The topological polar surface area (TPSA) is 63.1 Å². The van der Waals surface area contributed by atoms with Gasteiger partial charge in [0.15, 0.2) is 10.4 Å². The van der Waals surface area contributed by atoms with Gasteiger partial charge in [-0.05, 0) is 22.0 Å². The molecule has 0 saturated carbocycles. The molecule has 0 aliphatic carbocycles. The molecule has 0 fully saturated rings. The normalized spacial score (nSPS) is 11.4. The number of aromatic carboxylic acids is 1. The fourth-order valence-corrected chi connectivity index (χ4v) is 1.29. The van der Waals surface area contributed by atoms with Gasteiger partial charge in [0.25, 0.3) is 0 Å². The number of rotatable bonds is 1. The van der Waals surface area contributed by atoms with Crippen LogP contribution in [0.2, 0.25) is 0 Å². The van der Waals surface area contributed by atoms with Crippen molar-refractivity contribution in [3.63, 3.8) is 0 Å². The van der Waals surface area contributed by atoms with Gasteiger partial charge in [0.1, 0.15) is 0 Å². The van der Waals surface area contributed by atoms with Crippen LogP contribution in [0.15, 0.2) is 10.8 Å². The van der Waals surface area contributed by atoms with Crippen LogP contribution >= 0.6 is 15.9 Å². The van der Waals surface area contributed by atoms with Gasteiger partial charge in [-0.2, -0.15) is 0 Å². The van der Waals surface area contributed by atoms with Crippen molar-refractivity contribution in [2.45, 2.75) is 26.2 Å². The van der Waals surface area contributed by atoms with Gasteiger partial charge < -0.3 is 5.11 Å². The summed E-state index contributed by atoms with van der Waals surface area (Å²) in [7, 11) is 0. The molecule has 1 heterocycles. The summed E-state index contributed by atoms with van der Waals surface area (Å²) in [6.07, 6.45) is 0. The van der Waals surface area contributed by atoms with Crippen molar-refractivity contribution in [2.75, 3.05) is 0 Å². The first-order valence-corrected chi connectivity index (χ1v) is 4.88. The van der Waals surface area contributed by atoms with Gasteiger partial charge in [-0.3, -0.25) is 0 Å². The third-order valence-corrected chi connectivity index (χ3v) is 2.04. The second-order valence-electron chi connectivity index (χ2n) is 3.96. The van der Waals surface area contributed by atoms with Crippen LogP contribution in [0.3, 0.4) is 0 Å². The fraction of sp³-hybridized carbons (Fsp3) is 0.444. The Hall–Kier alpha value is -0.970. The first kappa shape index (κ1) is 11.1. The SMILES string of the molecule is CC(C)(C)c1cc(C(=O)O)nc(Br)n1. The third kappa shape index (κ3) is 2.51. The van der Waals surface area contributed by atoms with Crippen LogP contribution < -0.4 is 0 Å². The monoisotopic (exact) mass is 258 g/mol. The number of aromatic nitrogens is 2. The van der Waals surface area contributed by atoms with Crippen LogP contribution in [-0.4, -0.2) is 21.0 Å². The van der Waals surface area contributed by atoms with Crippen molar-refractivity contribution in [2.24, 2.45) is 0 Å². The van der Waals surface area contributed by atoms with E-state index in [1.807, 2.05) is 20.8 Å². The summed E-state index contributed by atoms with van der Waals surface area (Å²) >= 11 is 3.09. The summed E-state index contributed by atoms with van der Waals surface area (Å²) in [5, 5.41) is 8.79. The van der Waals surface area contributed by atoms with Gasteiger partial charge in [0.2, 0.25) is 0 Å². The molecule has 1 aromatic rings. The maximum atomic E-state index is 10.7. The summed E-state index contributed by atoms with van der Waals surface area (Å²) in [5.41, 5.74) is 0.531. The van der Waals surface area contributed by atoms with Gasteiger partial charge in [0, 0.05) is 5.41 Å². The Morgan fingerprint density at radius 3 is 2.43 bits per heavy atom. The molecule has 1 aromatic heterocycles. The molecule has 0 aliphatic rings. The molecule has 76 valence electrons. The molecule has 1 N–H and O–H groups in total. The number of halogens is 1. The molecule has 0 spiro atoms. The highest BCUT2D eigenvalue weighted by Crippen LogP contribution is 2.21. The zero-order valence-electron chi connectivity index (χ0n) is 8.21. The predicted octanol–water partition coefficient (Wildman–Crippen LogP) is 2.23. The van der Waals surface area contributed by atoms with Gasteiger partial charge in [-0.15, -0.1) is 0 Å². The van der Waals surface area contributed by atoms with E-state index in [0.717, 1.165) is 0 Å². The Morgan fingerprint density at radius 2 is 2.00 bits per heavy atom. The van der Waals surface area contributed by atoms with E-state index >= 15 is 0 Å². The number of carbonyl (C=O) groups is 1. The lowest BCUT2D eigenvalue weighted by molar-refractivity contribution is 0.0689. The van der Waals surface area contributed by atoms with E-state index in [9.17, 15) is 4.79 Å². The van der Waals surface area contributed by atoms with E-state index in [4.69, 9.17) is 5.11 Å². The zero-order valence-corrected chi connectivity index (χ0v) is 9.79. The molecule has 0 atom stereocenters. The molecule has 0 radical (unpaired) electrons. The van der Waals surface area contributed by atoms with Gasteiger partial charge in [-0.25, -0.2) is 14.8 Å². The summed E-state index contributed by atoms with van der Waals surface area (Å²) in [6, 6.07) is 1.49. The molecule has 5 heteroatoms. The number of carboxylic acids is 1. The van der Waals surface area contributed by atoms with Crippen LogP contribution in [0.4, 0.5) is 0 Å². The number of hydrogen-bond acceptors (Lipinski definition) is 3. The molecule has 0 amide bonds. The molecule has 0 aromatic carbocycles. The Labute approximate surface area is 90.5 Å². The molecule has 0 bridgehead atoms. The Balaban J connectivity index is 3.28. The molecule has 0 unspecified atom stereocenters. The van der Waals surface area contributed by atoms with E-state index in [2.05, 4.69) is 25.9 Å². The van der Waals surface area contributed by atoms with Crippen molar-refractivity contribution in [3.05, 3.63) is 22.2 Å². The van der Waals surface area contributed by atoms with Crippen LogP contribution in [0.25, 0.3) is 0 Å². The highest BCUT2D eigenvalue weighted by molar-refractivity contribution is 9.10. The van der Waals surface area contributed by atoms with E-state index in [0.29, 0.717) is 10.4 Å². The lowest BCUT2D eigenvalue weighted by Gasteiger charge is -2.17. The first-order valence-electron chi connectivity index (χ1n) is 4.09. The Kier molecular flexibility index (Phi) is 2.89. The molecular formula is C9H11BrN2O2. The molecule has 1 rings (SSSR count). The average Bonchev–Trinajstić information content (AvgIpc) is 2.01. The fourth-order valence-electron chi connectivity index (χ4n) is 0.912. The quantitative estimate of drug-likeness (QED) is 0.785. The van der Waals surface area contributed by atoms with Gasteiger partial charge in [0.05, 0.1) is 5.69 Å².